The van der Waals surface area contributed by atoms with Gasteiger partial charge >= 0.3 is 0 Å². The first-order chi connectivity index (χ1) is 9.22. The van der Waals surface area contributed by atoms with Gasteiger partial charge in [-0.2, -0.15) is 0 Å². The van der Waals surface area contributed by atoms with E-state index in [4.69, 9.17) is 10.9 Å². The summed E-state index contributed by atoms with van der Waals surface area (Å²) in [6.45, 7) is 0. The minimum atomic E-state index is 0.00688. The van der Waals surface area contributed by atoms with Gasteiger partial charge in [-0.05, 0) is 24.0 Å². The first kappa shape index (κ1) is 14.1. The van der Waals surface area contributed by atoms with Crippen LogP contribution in [0.25, 0.3) is 0 Å². The Bertz CT molecular complexity index is 586. The predicted octanol–water partition coefficient (Wildman–Crippen LogP) is 2.04. The Morgan fingerprint density at radius 3 is 2.95 bits per heavy atom. The fourth-order valence-corrected chi connectivity index (χ4v) is 3.62. The molecule has 0 saturated heterocycles. The van der Waals surface area contributed by atoms with Crippen LogP contribution in [0.2, 0.25) is 0 Å². The average molecular weight is 313 g/mol. The van der Waals surface area contributed by atoms with Crippen LogP contribution < -0.4 is 5.73 Å². The molecule has 2 heterocycles. The van der Waals surface area contributed by atoms with Gasteiger partial charge in [-0.25, -0.2) is 0 Å². The molecule has 0 atom stereocenters. The molecule has 2 rings (SSSR count). The minimum absolute atomic E-state index is 0.00688. The summed E-state index contributed by atoms with van der Waals surface area (Å²) in [5.74, 6) is 0.740. The highest BCUT2D eigenvalue weighted by molar-refractivity contribution is 8.02. The summed E-state index contributed by atoms with van der Waals surface area (Å²) < 4.78 is 1.88. The number of nitrogens with zero attached hydrogens (tertiary/aromatic N) is 4. The molecule has 0 aromatic carbocycles. The Morgan fingerprint density at radius 2 is 2.26 bits per heavy atom. The molecule has 2 aromatic rings. The summed E-state index contributed by atoms with van der Waals surface area (Å²) in [4.78, 5) is 4.03. The van der Waals surface area contributed by atoms with Gasteiger partial charge in [0.15, 0.2) is 14.5 Å². The van der Waals surface area contributed by atoms with Gasteiger partial charge in [0.2, 0.25) is 0 Å². The molecule has 0 amide bonds. The fourth-order valence-electron chi connectivity index (χ4n) is 1.24. The lowest BCUT2D eigenvalue weighted by Gasteiger charge is -2.01. The number of aromatic nitrogens is 3. The number of thioether (sulfide) groups is 2. The van der Waals surface area contributed by atoms with Gasteiger partial charge in [-0.3, -0.25) is 4.98 Å². The van der Waals surface area contributed by atoms with E-state index in [1.807, 2.05) is 12.3 Å². The Hall–Kier alpha value is -1.32. The van der Waals surface area contributed by atoms with Crippen LogP contribution in [-0.2, 0) is 5.75 Å². The molecule has 0 unspecified atom stereocenters. The standard InChI is InChI=1S/C10H11N5OS3/c1-17-9-13-14-10(19-9)18-5-6-2-3-12-7(4-6)8(11)15-16/h2-4,16H,5H2,1H3,(H2,11,15). The minimum Gasteiger partial charge on any atom is -0.409 e. The second-order valence-electron chi connectivity index (χ2n) is 3.36. The van der Waals surface area contributed by atoms with E-state index in [9.17, 15) is 0 Å². The van der Waals surface area contributed by atoms with Crippen molar-refractivity contribution in [3.8, 4) is 0 Å². The van der Waals surface area contributed by atoms with Crippen molar-refractivity contribution in [2.75, 3.05) is 6.26 Å². The normalized spacial score (nSPS) is 11.7. The van der Waals surface area contributed by atoms with Crippen molar-refractivity contribution in [2.24, 2.45) is 10.9 Å². The second-order valence-corrected chi connectivity index (χ2v) is 6.61. The van der Waals surface area contributed by atoms with Crippen LogP contribution in [0.5, 0.6) is 0 Å². The lowest BCUT2D eigenvalue weighted by molar-refractivity contribution is 0.318. The molecule has 0 fully saturated rings. The topological polar surface area (TPSA) is 97.3 Å². The summed E-state index contributed by atoms with van der Waals surface area (Å²) in [5, 5.41) is 19.7. The van der Waals surface area contributed by atoms with Gasteiger partial charge in [0.1, 0.15) is 5.69 Å². The van der Waals surface area contributed by atoms with Gasteiger partial charge in [-0.15, -0.1) is 10.2 Å². The molecule has 9 heteroatoms. The highest BCUT2D eigenvalue weighted by Crippen LogP contribution is 2.29. The van der Waals surface area contributed by atoms with Crippen LogP contribution in [0.1, 0.15) is 11.3 Å². The van der Waals surface area contributed by atoms with Crippen molar-refractivity contribution < 1.29 is 5.21 Å². The van der Waals surface area contributed by atoms with Crippen molar-refractivity contribution in [3.63, 3.8) is 0 Å². The van der Waals surface area contributed by atoms with Crippen LogP contribution in [0.15, 0.2) is 32.2 Å². The zero-order valence-corrected chi connectivity index (χ0v) is 12.4. The fraction of sp³-hybridized carbons (Fsp3) is 0.200. The van der Waals surface area contributed by atoms with E-state index >= 15 is 0 Å². The molecule has 3 N–H and O–H groups in total. The van der Waals surface area contributed by atoms with Crippen molar-refractivity contribution in [1.29, 1.82) is 0 Å². The van der Waals surface area contributed by atoms with Crippen LogP contribution in [0.3, 0.4) is 0 Å². The summed E-state index contributed by atoms with van der Waals surface area (Å²) >= 11 is 4.75. The molecular weight excluding hydrogens is 302 g/mol. The molecule has 0 bridgehead atoms. The zero-order chi connectivity index (χ0) is 13.7. The number of nitrogens with two attached hydrogens (primary N) is 1. The molecule has 6 nitrogen and oxygen atoms in total. The summed E-state index contributed by atoms with van der Waals surface area (Å²) in [6.07, 6.45) is 3.61. The van der Waals surface area contributed by atoms with E-state index in [0.717, 1.165) is 20.0 Å². The Balaban J connectivity index is 2.03. The lowest BCUT2D eigenvalue weighted by atomic mass is 10.2. The van der Waals surface area contributed by atoms with Gasteiger partial charge in [0.05, 0.1) is 0 Å². The average Bonchev–Trinajstić information content (AvgIpc) is 2.92. The largest absolute Gasteiger partial charge is 0.409 e. The quantitative estimate of drug-likeness (QED) is 0.286. The van der Waals surface area contributed by atoms with Crippen molar-refractivity contribution in [2.45, 2.75) is 14.4 Å². The first-order valence-electron chi connectivity index (χ1n) is 5.16. The molecule has 2 aromatic heterocycles. The van der Waals surface area contributed by atoms with Crippen molar-refractivity contribution in [1.82, 2.24) is 15.2 Å². The number of hydrogen-bond acceptors (Lipinski definition) is 8. The highest BCUT2D eigenvalue weighted by atomic mass is 32.2. The maximum atomic E-state index is 8.62. The molecule has 0 radical (unpaired) electrons. The Labute approximate surface area is 122 Å². The number of amidine groups is 1. The maximum Gasteiger partial charge on any atom is 0.188 e. The number of rotatable bonds is 5. The van der Waals surface area contributed by atoms with Gasteiger partial charge in [-0.1, -0.05) is 40.0 Å². The lowest BCUT2D eigenvalue weighted by Crippen LogP contribution is -2.15. The van der Waals surface area contributed by atoms with E-state index in [1.54, 1.807) is 47.1 Å². The summed E-state index contributed by atoms with van der Waals surface area (Å²) in [5.41, 5.74) is 6.99. The Kier molecular flexibility index (Phi) is 5.00. The van der Waals surface area contributed by atoms with Crippen LogP contribution in [0.4, 0.5) is 0 Å². The van der Waals surface area contributed by atoms with E-state index in [1.165, 1.54) is 0 Å². The Morgan fingerprint density at radius 1 is 1.47 bits per heavy atom. The molecular formula is C10H11N5OS3. The zero-order valence-electron chi connectivity index (χ0n) is 9.98. The second kappa shape index (κ2) is 6.73. The van der Waals surface area contributed by atoms with Crippen molar-refractivity contribution >= 4 is 40.7 Å². The van der Waals surface area contributed by atoms with Crippen LogP contribution >= 0.6 is 34.9 Å². The third kappa shape index (κ3) is 3.82. The third-order valence-electron chi connectivity index (χ3n) is 2.12. The summed E-state index contributed by atoms with van der Waals surface area (Å²) in [6, 6.07) is 3.68. The SMILES string of the molecule is CSc1nnc(SCc2ccnc(/C(N)=N/O)c2)s1. The third-order valence-corrected chi connectivity index (χ3v) is 5.22. The molecule has 0 saturated carbocycles. The van der Waals surface area contributed by atoms with Gasteiger partial charge in [0.25, 0.3) is 0 Å². The van der Waals surface area contributed by atoms with E-state index in [0.29, 0.717) is 5.69 Å². The van der Waals surface area contributed by atoms with E-state index < -0.39 is 0 Å². The summed E-state index contributed by atoms with van der Waals surface area (Å²) in [7, 11) is 0. The molecule has 0 aliphatic carbocycles. The first-order valence-corrected chi connectivity index (χ1v) is 8.18. The molecule has 100 valence electrons. The number of oxime groups is 1. The molecule has 0 aliphatic heterocycles. The smallest absolute Gasteiger partial charge is 0.188 e. The molecule has 0 aliphatic rings. The van der Waals surface area contributed by atoms with Gasteiger partial charge < -0.3 is 10.9 Å². The van der Waals surface area contributed by atoms with Crippen LogP contribution in [0, 0.1) is 0 Å². The molecule has 19 heavy (non-hydrogen) atoms. The maximum absolute atomic E-state index is 8.62. The van der Waals surface area contributed by atoms with E-state index in [-0.39, 0.29) is 5.84 Å². The van der Waals surface area contributed by atoms with Crippen LogP contribution in [-0.4, -0.2) is 32.5 Å². The predicted molar refractivity (Wildman–Crippen MR) is 78.0 cm³/mol. The monoisotopic (exact) mass is 313 g/mol. The molecule has 0 spiro atoms. The highest BCUT2D eigenvalue weighted by Gasteiger charge is 2.06. The number of pyridine rings is 1. The number of hydrogen-bond donors (Lipinski definition) is 2. The van der Waals surface area contributed by atoms with E-state index in [2.05, 4.69) is 20.3 Å². The van der Waals surface area contributed by atoms with Gasteiger partial charge in [0, 0.05) is 11.9 Å². The van der Waals surface area contributed by atoms with Crippen molar-refractivity contribution in [3.05, 3.63) is 29.6 Å².